The van der Waals surface area contributed by atoms with E-state index in [0.29, 0.717) is 66.5 Å². The molecule has 0 aromatic heterocycles. The number of nitrogen functional groups attached to an aromatic ring is 1. The van der Waals surface area contributed by atoms with Gasteiger partial charge in [-0.15, -0.1) is 0 Å². The van der Waals surface area contributed by atoms with Gasteiger partial charge in [0.15, 0.2) is 0 Å². The van der Waals surface area contributed by atoms with Crippen molar-refractivity contribution in [3.63, 3.8) is 0 Å². The summed E-state index contributed by atoms with van der Waals surface area (Å²) in [6, 6.07) is 12.0. The Balaban J connectivity index is 1.33. The monoisotopic (exact) mass is 635 g/mol. The Labute approximate surface area is 274 Å². The van der Waals surface area contributed by atoms with Crippen LogP contribution in [0.5, 0.6) is 5.75 Å². The number of amides is 3. The molecular formula is C36H53N5O5. The highest BCUT2D eigenvalue weighted by Gasteiger charge is 2.34. The first-order chi connectivity index (χ1) is 22.1. The molecule has 0 spiro atoms. The van der Waals surface area contributed by atoms with E-state index in [1.54, 1.807) is 35.2 Å². The summed E-state index contributed by atoms with van der Waals surface area (Å²) in [5, 5.41) is 15.7. The number of nitrogens with zero attached hydrogens (tertiary/aromatic N) is 2. The van der Waals surface area contributed by atoms with Gasteiger partial charge in [-0.2, -0.15) is 0 Å². The van der Waals surface area contributed by atoms with E-state index in [9.17, 15) is 19.5 Å². The SMILES string of the molecule is C[C@H](CO)N1C[C@H](C)[C@H](CN(C)CC2CCCCC2)Oc2ccc(NC(=O)CCCCCC(=O)Nc3ccccc3N)cc2C1=O. The average molecular weight is 636 g/mol. The molecule has 252 valence electrons. The zero-order valence-corrected chi connectivity index (χ0v) is 27.8. The van der Waals surface area contributed by atoms with E-state index < -0.39 is 0 Å². The van der Waals surface area contributed by atoms with E-state index in [-0.39, 0.29) is 42.4 Å². The molecule has 46 heavy (non-hydrogen) atoms. The number of para-hydroxylation sites is 2. The third-order valence-corrected chi connectivity index (χ3v) is 9.28. The Bertz CT molecular complexity index is 1310. The van der Waals surface area contributed by atoms with Crippen LogP contribution >= 0.6 is 0 Å². The summed E-state index contributed by atoms with van der Waals surface area (Å²) in [6.45, 7) is 6.07. The molecule has 2 aromatic carbocycles. The smallest absolute Gasteiger partial charge is 0.258 e. The second kappa shape index (κ2) is 17.3. The van der Waals surface area contributed by atoms with E-state index >= 15 is 0 Å². The second-order valence-electron chi connectivity index (χ2n) is 13.3. The van der Waals surface area contributed by atoms with Crippen LogP contribution in [0.25, 0.3) is 0 Å². The summed E-state index contributed by atoms with van der Waals surface area (Å²) >= 11 is 0. The molecule has 1 fully saturated rings. The van der Waals surface area contributed by atoms with Crippen molar-refractivity contribution in [2.75, 3.05) is 49.7 Å². The summed E-state index contributed by atoms with van der Waals surface area (Å²) in [5.74, 6) is 0.791. The highest BCUT2D eigenvalue weighted by atomic mass is 16.5. The number of benzene rings is 2. The maximum Gasteiger partial charge on any atom is 0.258 e. The molecule has 0 unspecified atom stereocenters. The highest BCUT2D eigenvalue weighted by Crippen LogP contribution is 2.31. The third-order valence-electron chi connectivity index (χ3n) is 9.28. The standard InChI is InChI=1S/C36H53N5O5/c1-25-21-41(26(2)24-42)36(45)29-20-28(18-19-32(29)46-33(25)23-40(3)22-27-12-6-4-7-13-27)38-34(43)16-8-5-9-17-35(44)39-31-15-11-10-14-30(31)37/h10-11,14-15,18-20,25-27,33,42H,4-9,12-13,16-17,21-24,37H2,1-3H3,(H,38,43)(H,39,44)/t25-,26+,33-/m0/s1. The number of unbranched alkanes of at least 4 members (excludes halogenated alkanes) is 2. The first-order valence-electron chi connectivity index (χ1n) is 17.0. The van der Waals surface area contributed by atoms with E-state index in [4.69, 9.17) is 10.5 Å². The molecule has 0 bridgehead atoms. The Hall–Kier alpha value is -3.63. The summed E-state index contributed by atoms with van der Waals surface area (Å²) in [4.78, 5) is 42.9. The fourth-order valence-corrected chi connectivity index (χ4v) is 6.51. The number of rotatable bonds is 14. The van der Waals surface area contributed by atoms with Gasteiger partial charge in [0.25, 0.3) is 5.91 Å². The van der Waals surface area contributed by atoms with Crippen LogP contribution < -0.4 is 21.1 Å². The molecule has 2 aliphatic rings. The van der Waals surface area contributed by atoms with Gasteiger partial charge in [-0.25, -0.2) is 0 Å². The van der Waals surface area contributed by atoms with Gasteiger partial charge in [0.2, 0.25) is 11.8 Å². The van der Waals surface area contributed by atoms with Crippen LogP contribution in [0.4, 0.5) is 17.1 Å². The van der Waals surface area contributed by atoms with Crippen LogP contribution in [0.3, 0.4) is 0 Å². The van der Waals surface area contributed by atoms with Crippen molar-refractivity contribution in [2.45, 2.75) is 90.2 Å². The fraction of sp³-hybridized carbons (Fsp3) is 0.583. The molecule has 4 rings (SSSR count). The van der Waals surface area contributed by atoms with Gasteiger partial charge in [-0.1, -0.05) is 44.7 Å². The molecule has 3 atom stereocenters. The highest BCUT2D eigenvalue weighted by molar-refractivity contribution is 6.00. The minimum absolute atomic E-state index is 0.0573. The number of fused-ring (bicyclic) bond motifs is 1. The van der Waals surface area contributed by atoms with Crippen molar-refractivity contribution in [1.82, 2.24) is 9.80 Å². The van der Waals surface area contributed by atoms with Crippen LogP contribution in [0.2, 0.25) is 0 Å². The van der Waals surface area contributed by atoms with Gasteiger partial charge in [0, 0.05) is 44.1 Å². The maximum absolute atomic E-state index is 13.8. The number of likely N-dealkylation sites (N-methyl/N-ethyl adjacent to an activating group) is 1. The maximum atomic E-state index is 13.8. The van der Waals surface area contributed by atoms with E-state index in [1.165, 1.54) is 32.1 Å². The summed E-state index contributed by atoms with van der Waals surface area (Å²) in [5.41, 5.74) is 7.92. The molecule has 10 nitrogen and oxygen atoms in total. The zero-order valence-electron chi connectivity index (χ0n) is 27.8. The molecule has 1 aliphatic heterocycles. The summed E-state index contributed by atoms with van der Waals surface area (Å²) in [7, 11) is 2.15. The van der Waals surface area contributed by atoms with Crippen LogP contribution in [0.15, 0.2) is 42.5 Å². The minimum atomic E-state index is -0.355. The number of hydrogen-bond acceptors (Lipinski definition) is 7. The molecular weight excluding hydrogens is 582 g/mol. The lowest BCUT2D eigenvalue weighted by molar-refractivity contribution is -0.116. The van der Waals surface area contributed by atoms with Gasteiger partial charge in [0.05, 0.1) is 29.6 Å². The molecule has 10 heteroatoms. The quantitative estimate of drug-likeness (QED) is 0.158. The number of nitrogens with two attached hydrogens (primary N) is 1. The van der Waals surface area contributed by atoms with Crippen LogP contribution in [-0.4, -0.2) is 78.1 Å². The van der Waals surface area contributed by atoms with Crippen molar-refractivity contribution in [2.24, 2.45) is 11.8 Å². The number of nitrogens with one attached hydrogen (secondary N) is 2. The molecule has 3 amide bonds. The van der Waals surface area contributed by atoms with Gasteiger partial charge >= 0.3 is 0 Å². The van der Waals surface area contributed by atoms with Gasteiger partial charge < -0.3 is 36.0 Å². The Morgan fingerprint density at radius 3 is 2.41 bits per heavy atom. The van der Waals surface area contributed by atoms with Crippen molar-refractivity contribution in [3.05, 3.63) is 48.0 Å². The molecule has 1 saturated carbocycles. The zero-order chi connectivity index (χ0) is 33.1. The van der Waals surface area contributed by atoms with E-state index in [1.807, 2.05) is 19.1 Å². The Kier molecular flexibility index (Phi) is 13.3. The number of ether oxygens (including phenoxy) is 1. The van der Waals surface area contributed by atoms with Crippen LogP contribution in [-0.2, 0) is 9.59 Å². The predicted octanol–water partition coefficient (Wildman–Crippen LogP) is 5.53. The number of carbonyl (C=O) groups is 3. The molecule has 1 aliphatic carbocycles. The third kappa shape index (κ3) is 10.2. The lowest BCUT2D eigenvalue weighted by Crippen LogP contribution is -2.50. The summed E-state index contributed by atoms with van der Waals surface area (Å²) in [6.07, 6.45) is 9.04. The number of hydrogen-bond donors (Lipinski definition) is 4. The van der Waals surface area contributed by atoms with Gasteiger partial charge in [-0.3, -0.25) is 14.4 Å². The second-order valence-corrected chi connectivity index (χ2v) is 13.3. The van der Waals surface area contributed by atoms with Crippen molar-refractivity contribution in [1.29, 1.82) is 0 Å². The van der Waals surface area contributed by atoms with Gasteiger partial charge in [0.1, 0.15) is 11.9 Å². The largest absolute Gasteiger partial charge is 0.488 e. The molecule has 2 aromatic rings. The Morgan fingerprint density at radius 2 is 1.72 bits per heavy atom. The minimum Gasteiger partial charge on any atom is -0.488 e. The van der Waals surface area contributed by atoms with Crippen LogP contribution in [0, 0.1) is 11.8 Å². The molecule has 1 heterocycles. The molecule has 0 saturated heterocycles. The number of aliphatic hydroxyl groups is 1. The van der Waals surface area contributed by atoms with Gasteiger partial charge in [-0.05, 0) is 75.9 Å². The topological polar surface area (TPSA) is 137 Å². The lowest BCUT2D eigenvalue weighted by Gasteiger charge is -2.38. The molecule has 0 radical (unpaired) electrons. The molecule has 5 N–H and O–H groups in total. The van der Waals surface area contributed by atoms with E-state index in [2.05, 4.69) is 29.5 Å². The normalized spacial score (nSPS) is 19.5. The summed E-state index contributed by atoms with van der Waals surface area (Å²) < 4.78 is 6.55. The average Bonchev–Trinajstić information content (AvgIpc) is 3.04. The predicted molar refractivity (Wildman–Crippen MR) is 183 cm³/mol. The van der Waals surface area contributed by atoms with Crippen molar-refractivity contribution < 1.29 is 24.2 Å². The lowest BCUT2D eigenvalue weighted by atomic mass is 9.89. The van der Waals surface area contributed by atoms with E-state index in [0.717, 1.165) is 19.5 Å². The van der Waals surface area contributed by atoms with Crippen molar-refractivity contribution in [3.8, 4) is 5.75 Å². The number of aliphatic hydroxyl groups excluding tert-OH is 1. The number of anilines is 3. The first-order valence-corrected chi connectivity index (χ1v) is 17.0. The fourth-order valence-electron chi connectivity index (χ4n) is 6.51. The Morgan fingerprint density at radius 1 is 1.02 bits per heavy atom. The van der Waals surface area contributed by atoms with Crippen molar-refractivity contribution >= 4 is 34.8 Å². The van der Waals surface area contributed by atoms with Crippen LogP contribution in [0.1, 0.15) is 88.4 Å². The number of carbonyl (C=O) groups excluding carboxylic acids is 3. The first kappa shape index (κ1) is 35.2.